The fraction of sp³-hybridized carbons (Fsp3) is 0.462. The normalized spacial score (nSPS) is 10.3. The summed E-state index contributed by atoms with van der Waals surface area (Å²) < 4.78 is 23.0. The van der Waals surface area contributed by atoms with E-state index in [9.17, 15) is 9.18 Å². The Kier molecular flexibility index (Phi) is 6.84. The zero-order valence-corrected chi connectivity index (χ0v) is 10.8. The first-order valence-electron chi connectivity index (χ1n) is 5.95. The van der Waals surface area contributed by atoms with E-state index in [2.05, 4.69) is 5.32 Å². The lowest BCUT2D eigenvalue weighted by Gasteiger charge is -2.10. The van der Waals surface area contributed by atoms with E-state index in [1.807, 2.05) is 0 Å². The van der Waals surface area contributed by atoms with Crippen LogP contribution in [-0.2, 0) is 16.1 Å². The number of nitrogens with one attached hydrogen (secondary N) is 1. The number of methoxy groups -OCH3 is 1. The minimum absolute atomic E-state index is 0.175. The Balaban J connectivity index is 2.37. The fourth-order valence-electron chi connectivity index (χ4n) is 1.45. The monoisotopic (exact) mass is 271 g/mol. The number of hydrogen-bond donors (Lipinski definition) is 2. The average molecular weight is 271 g/mol. The molecule has 0 saturated carbocycles. The third-order valence-electron chi connectivity index (χ3n) is 2.40. The number of ether oxygens (including phenoxy) is 2. The van der Waals surface area contributed by atoms with Gasteiger partial charge in [-0.05, 0) is 24.6 Å². The molecule has 1 aromatic rings. The lowest BCUT2D eigenvalue weighted by molar-refractivity contribution is -0.123. The van der Waals surface area contributed by atoms with Gasteiger partial charge in [0, 0.05) is 25.8 Å². The van der Waals surface area contributed by atoms with Crippen LogP contribution in [-0.4, -0.2) is 37.9 Å². The van der Waals surface area contributed by atoms with Crippen LogP contribution in [0.5, 0.6) is 5.75 Å². The van der Waals surface area contributed by atoms with E-state index >= 15 is 0 Å². The molecule has 6 heteroatoms. The molecular weight excluding hydrogens is 253 g/mol. The van der Waals surface area contributed by atoms with Crippen LogP contribution in [0, 0.1) is 5.82 Å². The predicted octanol–water partition coefficient (Wildman–Crippen LogP) is 0.849. The zero-order chi connectivity index (χ0) is 14.1. The van der Waals surface area contributed by atoms with E-state index in [1.165, 1.54) is 18.2 Å². The molecule has 0 aromatic heterocycles. The standard InChI is InChI=1S/C13H18FNO4/c1-18-6-2-5-15-13(17)9-19-12-4-3-11(14)7-10(12)8-16/h3-4,7,16H,2,5-6,8-9H2,1H3,(H,15,17). The number of carbonyl (C=O) groups is 1. The molecule has 0 saturated heterocycles. The number of benzene rings is 1. The van der Waals surface area contributed by atoms with Gasteiger partial charge in [0.2, 0.25) is 0 Å². The maximum Gasteiger partial charge on any atom is 0.257 e. The highest BCUT2D eigenvalue weighted by Gasteiger charge is 2.07. The molecule has 0 radical (unpaired) electrons. The van der Waals surface area contributed by atoms with Crippen LogP contribution < -0.4 is 10.1 Å². The van der Waals surface area contributed by atoms with Crippen molar-refractivity contribution in [2.45, 2.75) is 13.0 Å². The Hall–Kier alpha value is -1.66. The second-order valence-electron chi connectivity index (χ2n) is 3.90. The summed E-state index contributed by atoms with van der Waals surface area (Å²) in [7, 11) is 1.59. The van der Waals surface area contributed by atoms with Crippen molar-refractivity contribution in [1.29, 1.82) is 0 Å². The largest absolute Gasteiger partial charge is 0.483 e. The van der Waals surface area contributed by atoms with Crippen LogP contribution >= 0.6 is 0 Å². The molecule has 106 valence electrons. The Morgan fingerprint density at radius 2 is 2.26 bits per heavy atom. The van der Waals surface area contributed by atoms with Crippen LogP contribution in [0.1, 0.15) is 12.0 Å². The van der Waals surface area contributed by atoms with Gasteiger partial charge in [-0.1, -0.05) is 0 Å². The first kappa shape index (κ1) is 15.4. The van der Waals surface area contributed by atoms with Gasteiger partial charge in [0.25, 0.3) is 5.91 Å². The van der Waals surface area contributed by atoms with Gasteiger partial charge in [0.1, 0.15) is 11.6 Å². The van der Waals surface area contributed by atoms with Crippen LogP contribution in [0.3, 0.4) is 0 Å². The smallest absolute Gasteiger partial charge is 0.257 e. The summed E-state index contributed by atoms with van der Waals surface area (Å²) in [6, 6.07) is 3.77. The third kappa shape index (κ3) is 5.67. The number of hydrogen-bond acceptors (Lipinski definition) is 4. The molecule has 0 bridgehead atoms. The van der Waals surface area contributed by atoms with E-state index in [1.54, 1.807) is 7.11 Å². The lowest BCUT2D eigenvalue weighted by Crippen LogP contribution is -2.30. The summed E-state index contributed by atoms with van der Waals surface area (Å²) in [5, 5.41) is 11.7. The molecule has 5 nitrogen and oxygen atoms in total. The topological polar surface area (TPSA) is 67.8 Å². The van der Waals surface area contributed by atoms with E-state index < -0.39 is 5.82 Å². The molecule has 0 aliphatic carbocycles. The number of aliphatic hydroxyl groups is 1. The second kappa shape index (κ2) is 8.44. The second-order valence-corrected chi connectivity index (χ2v) is 3.90. The molecule has 0 heterocycles. The molecule has 1 amide bonds. The van der Waals surface area contributed by atoms with Gasteiger partial charge in [-0.3, -0.25) is 4.79 Å². The first-order chi connectivity index (χ1) is 9.17. The number of halogens is 1. The minimum atomic E-state index is -0.458. The van der Waals surface area contributed by atoms with Gasteiger partial charge in [-0.25, -0.2) is 4.39 Å². The molecule has 2 N–H and O–H groups in total. The Labute approximate surface area is 111 Å². The molecule has 1 rings (SSSR count). The van der Waals surface area contributed by atoms with Gasteiger partial charge in [-0.2, -0.15) is 0 Å². The van der Waals surface area contributed by atoms with Gasteiger partial charge in [0.05, 0.1) is 6.61 Å². The maximum absolute atomic E-state index is 12.9. The molecule has 0 fully saturated rings. The predicted molar refractivity (Wildman–Crippen MR) is 67.3 cm³/mol. The third-order valence-corrected chi connectivity index (χ3v) is 2.40. The molecule has 19 heavy (non-hydrogen) atoms. The van der Waals surface area contributed by atoms with E-state index in [0.717, 1.165) is 6.42 Å². The number of carbonyl (C=O) groups excluding carboxylic acids is 1. The summed E-state index contributed by atoms with van der Waals surface area (Å²) in [5.74, 6) is -0.430. The maximum atomic E-state index is 12.9. The van der Waals surface area contributed by atoms with Crippen LogP contribution in [0.2, 0.25) is 0 Å². The van der Waals surface area contributed by atoms with E-state index in [0.29, 0.717) is 24.5 Å². The highest BCUT2D eigenvalue weighted by atomic mass is 19.1. The summed E-state index contributed by atoms with van der Waals surface area (Å²) in [6.07, 6.45) is 0.723. The summed E-state index contributed by atoms with van der Waals surface area (Å²) in [4.78, 5) is 11.4. The highest BCUT2D eigenvalue weighted by Crippen LogP contribution is 2.19. The quantitative estimate of drug-likeness (QED) is 0.688. The van der Waals surface area contributed by atoms with Gasteiger partial charge in [-0.15, -0.1) is 0 Å². The molecule has 0 atom stereocenters. The van der Waals surface area contributed by atoms with Gasteiger partial charge in [0.15, 0.2) is 6.61 Å². The van der Waals surface area contributed by atoms with E-state index in [4.69, 9.17) is 14.6 Å². The van der Waals surface area contributed by atoms with Crippen molar-refractivity contribution >= 4 is 5.91 Å². The lowest BCUT2D eigenvalue weighted by atomic mass is 10.2. The van der Waals surface area contributed by atoms with Gasteiger partial charge >= 0.3 is 0 Å². The highest BCUT2D eigenvalue weighted by molar-refractivity contribution is 5.77. The number of rotatable bonds is 8. The van der Waals surface area contributed by atoms with Crippen molar-refractivity contribution in [3.8, 4) is 5.75 Å². The van der Waals surface area contributed by atoms with Crippen molar-refractivity contribution in [1.82, 2.24) is 5.32 Å². The van der Waals surface area contributed by atoms with Crippen molar-refractivity contribution in [2.75, 3.05) is 26.9 Å². The van der Waals surface area contributed by atoms with Crippen molar-refractivity contribution in [3.63, 3.8) is 0 Å². The van der Waals surface area contributed by atoms with E-state index in [-0.39, 0.29) is 19.1 Å². The summed E-state index contributed by atoms with van der Waals surface area (Å²) in [5.41, 5.74) is 0.312. The molecule has 0 aliphatic heterocycles. The number of amides is 1. The average Bonchev–Trinajstić information content (AvgIpc) is 2.42. The van der Waals surface area contributed by atoms with Crippen molar-refractivity contribution in [3.05, 3.63) is 29.6 Å². The fourth-order valence-corrected chi connectivity index (χ4v) is 1.45. The summed E-state index contributed by atoms with van der Waals surface area (Å²) >= 11 is 0. The molecule has 0 aliphatic rings. The molecular formula is C13H18FNO4. The van der Waals surface area contributed by atoms with Crippen molar-refractivity contribution < 1.29 is 23.8 Å². The number of aliphatic hydroxyl groups excluding tert-OH is 1. The molecule has 1 aromatic carbocycles. The Bertz CT molecular complexity index is 412. The Morgan fingerprint density at radius 3 is 2.95 bits per heavy atom. The van der Waals surface area contributed by atoms with Crippen molar-refractivity contribution in [2.24, 2.45) is 0 Å². The van der Waals surface area contributed by atoms with Gasteiger partial charge < -0.3 is 19.9 Å². The molecule has 0 unspecified atom stereocenters. The first-order valence-corrected chi connectivity index (χ1v) is 5.95. The molecule has 0 spiro atoms. The van der Waals surface area contributed by atoms with Crippen LogP contribution in [0.25, 0.3) is 0 Å². The zero-order valence-electron chi connectivity index (χ0n) is 10.8. The Morgan fingerprint density at radius 1 is 1.47 bits per heavy atom. The SMILES string of the molecule is COCCCNC(=O)COc1ccc(F)cc1CO. The van der Waals surface area contributed by atoms with Crippen LogP contribution in [0.15, 0.2) is 18.2 Å². The summed E-state index contributed by atoms with van der Waals surface area (Å²) in [6.45, 7) is 0.564. The minimum Gasteiger partial charge on any atom is -0.483 e. The van der Waals surface area contributed by atoms with Crippen LogP contribution in [0.4, 0.5) is 4.39 Å².